The van der Waals surface area contributed by atoms with Gasteiger partial charge in [0, 0.05) is 29.4 Å². The molecule has 0 radical (unpaired) electrons. The summed E-state index contributed by atoms with van der Waals surface area (Å²) >= 11 is 0. The summed E-state index contributed by atoms with van der Waals surface area (Å²) < 4.78 is 5.38. The van der Waals surface area contributed by atoms with Gasteiger partial charge in [-0.1, -0.05) is 35.5 Å². The summed E-state index contributed by atoms with van der Waals surface area (Å²) in [6.07, 6.45) is 4.11. The van der Waals surface area contributed by atoms with E-state index >= 15 is 0 Å². The number of nitrogens with two attached hydrogens (primary N) is 1. The van der Waals surface area contributed by atoms with Crippen molar-refractivity contribution < 1.29 is 4.52 Å². The third-order valence-corrected chi connectivity index (χ3v) is 4.76. The van der Waals surface area contributed by atoms with Gasteiger partial charge >= 0.3 is 0 Å². The number of hydrogen-bond donors (Lipinski definition) is 3. The Kier molecular flexibility index (Phi) is 4.01. The molecular weight excluding hydrogens is 354 g/mol. The van der Waals surface area contributed by atoms with Gasteiger partial charge < -0.3 is 15.6 Å². The van der Waals surface area contributed by atoms with Crippen LogP contribution in [0.15, 0.2) is 53.2 Å². The molecule has 0 atom stereocenters. The molecule has 1 saturated carbocycles. The van der Waals surface area contributed by atoms with Gasteiger partial charge in [0.05, 0.1) is 17.8 Å². The average molecular weight is 373 g/mol. The van der Waals surface area contributed by atoms with Gasteiger partial charge in [-0.15, -0.1) is 0 Å². The minimum absolute atomic E-state index is 0.383. The van der Waals surface area contributed by atoms with E-state index in [1.165, 1.54) is 12.8 Å². The summed E-state index contributed by atoms with van der Waals surface area (Å²) in [6.45, 7) is 0.410. The Balaban J connectivity index is 1.27. The summed E-state index contributed by atoms with van der Waals surface area (Å²) in [5.41, 5.74) is 10.6. The first-order chi connectivity index (χ1) is 13.8. The lowest BCUT2D eigenvalue weighted by atomic mass is 10.1. The number of hydrogen-bond acceptors (Lipinski definition) is 7. The summed E-state index contributed by atoms with van der Waals surface area (Å²) in [5.74, 6) is 2.10. The van der Waals surface area contributed by atoms with Crippen LogP contribution in [0.3, 0.4) is 0 Å². The van der Waals surface area contributed by atoms with E-state index in [1.807, 2.05) is 42.5 Å². The van der Waals surface area contributed by atoms with Crippen LogP contribution in [0.25, 0.3) is 22.5 Å². The van der Waals surface area contributed by atoms with Crippen LogP contribution in [-0.2, 0) is 6.54 Å². The normalized spacial score (nSPS) is 13.6. The highest BCUT2D eigenvalue weighted by atomic mass is 16.5. The molecule has 8 heteroatoms. The summed E-state index contributed by atoms with van der Waals surface area (Å²) in [7, 11) is 0. The highest BCUT2D eigenvalue weighted by molar-refractivity contribution is 5.71. The summed E-state index contributed by atoms with van der Waals surface area (Å²) in [4.78, 5) is 8.69. The van der Waals surface area contributed by atoms with E-state index in [9.17, 15) is 0 Å². The minimum Gasteiger partial charge on any atom is -0.383 e. The molecule has 3 heterocycles. The van der Waals surface area contributed by atoms with E-state index in [0.717, 1.165) is 28.2 Å². The lowest BCUT2D eigenvalue weighted by molar-refractivity contribution is 0.390. The summed E-state index contributed by atoms with van der Waals surface area (Å²) in [6, 6.07) is 13.8. The fraction of sp³-hybridized carbons (Fsp3) is 0.200. The molecule has 5 rings (SSSR count). The molecule has 0 bridgehead atoms. The van der Waals surface area contributed by atoms with Crippen LogP contribution < -0.4 is 11.1 Å². The third kappa shape index (κ3) is 3.32. The Morgan fingerprint density at radius 2 is 2.00 bits per heavy atom. The molecule has 1 aromatic carbocycles. The van der Waals surface area contributed by atoms with Crippen LogP contribution >= 0.6 is 0 Å². The Labute approximate surface area is 161 Å². The van der Waals surface area contributed by atoms with Crippen LogP contribution in [0.5, 0.6) is 0 Å². The lowest BCUT2D eigenvalue weighted by Gasteiger charge is -2.05. The number of anilines is 2. The van der Waals surface area contributed by atoms with Crippen molar-refractivity contribution in [3.8, 4) is 22.5 Å². The van der Waals surface area contributed by atoms with Crippen molar-refractivity contribution in [2.24, 2.45) is 0 Å². The Hall–Kier alpha value is -3.68. The van der Waals surface area contributed by atoms with Crippen molar-refractivity contribution in [1.82, 2.24) is 25.3 Å². The number of H-pyrrole nitrogens is 1. The van der Waals surface area contributed by atoms with Crippen molar-refractivity contribution >= 4 is 11.8 Å². The van der Waals surface area contributed by atoms with Crippen LogP contribution in [0, 0.1) is 0 Å². The second-order valence-electron chi connectivity index (χ2n) is 6.87. The molecule has 8 nitrogen and oxygen atoms in total. The van der Waals surface area contributed by atoms with E-state index in [-0.39, 0.29) is 0 Å². The predicted octanol–water partition coefficient (Wildman–Crippen LogP) is 3.59. The molecule has 1 aliphatic rings. The maximum absolute atomic E-state index is 6.12. The molecule has 0 saturated heterocycles. The van der Waals surface area contributed by atoms with Crippen molar-refractivity contribution in [1.29, 1.82) is 0 Å². The van der Waals surface area contributed by atoms with Gasteiger partial charge in [-0.2, -0.15) is 10.1 Å². The highest BCUT2D eigenvalue weighted by Gasteiger charge is 2.26. The van der Waals surface area contributed by atoms with E-state index < -0.39 is 0 Å². The molecule has 0 spiro atoms. The third-order valence-electron chi connectivity index (χ3n) is 4.76. The lowest BCUT2D eigenvalue weighted by Crippen LogP contribution is -2.05. The zero-order valence-electron chi connectivity index (χ0n) is 15.1. The van der Waals surface area contributed by atoms with E-state index in [1.54, 1.807) is 6.20 Å². The van der Waals surface area contributed by atoms with Gasteiger partial charge in [0.15, 0.2) is 5.76 Å². The first-order valence-electron chi connectivity index (χ1n) is 9.19. The largest absolute Gasteiger partial charge is 0.383 e. The van der Waals surface area contributed by atoms with Crippen molar-refractivity contribution in [3.05, 3.63) is 60.1 Å². The summed E-state index contributed by atoms with van der Waals surface area (Å²) in [5, 5.41) is 14.6. The number of rotatable bonds is 6. The minimum atomic E-state index is 0.383. The number of nitrogen functional groups attached to an aromatic ring is 1. The monoisotopic (exact) mass is 373 g/mol. The second-order valence-corrected chi connectivity index (χ2v) is 6.87. The molecule has 0 unspecified atom stereocenters. The fourth-order valence-corrected chi connectivity index (χ4v) is 3.06. The number of aromatic nitrogens is 5. The predicted molar refractivity (Wildman–Crippen MR) is 105 cm³/mol. The van der Waals surface area contributed by atoms with E-state index in [4.69, 9.17) is 10.3 Å². The molecule has 3 aromatic heterocycles. The van der Waals surface area contributed by atoms with Crippen LogP contribution in [0.4, 0.5) is 11.8 Å². The number of benzene rings is 1. The molecule has 4 aromatic rings. The Morgan fingerprint density at radius 1 is 1.14 bits per heavy atom. The first kappa shape index (κ1) is 16.5. The van der Waals surface area contributed by atoms with Crippen LogP contribution in [0.2, 0.25) is 0 Å². The van der Waals surface area contributed by atoms with Crippen molar-refractivity contribution in [2.45, 2.75) is 25.3 Å². The molecule has 0 aliphatic heterocycles. The molecule has 1 fully saturated rings. The smallest absolute Gasteiger partial charge is 0.225 e. The van der Waals surface area contributed by atoms with Crippen LogP contribution in [0.1, 0.15) is 30.2 Å². The quantitative estimate of drug-likeness (QED) is 0.472. The standard InChI is InChI=1S/C20H19N7O/c21-19-15(18-9-16(25-26-18)13-6-7-13)11-23-20(24-19)22-10-14-8-17(27-28-14)12-4-2-1-3-5-12/h1-5,8-9,11,13H,6-7,10H2,(H,25,26)(H3,21,22,23,24). The Morgan fingerprint density at radius 3 is 2.79 bits per heavy atom. The van der Waals surface area contributed by atoms with Crippen molar-refractivity contribution in [3.63, 3.8) is 0 Å². The van der Waals surface area contributed by atoms with E-state index in [2.05, 4.69) is 30.6 Å². The molecule has 1 aliphatic carbocycles. The molecular formula is C20H19N7O. The van der Waals surface area contributed by atoms with Gasteiger partial charge in [-0.05, 0) is 18.9 Å². The molecule has 0 amide bonds. The maximum Gasteiger partial charge on any atom is 0.225 e. The fourth-order valence-electron chi connectivity index (χ4n) is 3.06. The molecule has 28 heavy (non-hydrogen) atoms. The molecule has 4 N–H and O–H groups in total. The highest BCUT2D eigenvalue weighted by Crippen LogP contribution is 2.40. The maximum atomic E-state index is 6.12. The average Bonchev–Trinajstić information content (AvgIpc) is 3.26. The zero-order valence-corrected chi connectivity index (χ0v) is 15.1. The number of nitrogens with one attached hydrogen (secondary N) is 2. The van der Waals surface area contributed by atoms with E-state index in [0.29, 0.717) is 30.0 Å². The SMILES string of the molecule is Nc1nc(NCc2cc(-c3ccccc3)no2)ncc1-c1cc(C2CC2)[nH]n1. The van der Waals surface area contributed by atoms with Gasteiger partial charge in [-0.25, -0.2) is 4.98 Å². The Bertz CT molecular complexity index is 1100. The van der Waals surface area contributed by atoms with Crippen molar-refractivity contribution in [2.75, 3.05) is 11.1 Å². The van der Waals surface area contributed by atoms with Gasteiger partial charge in [-0.3, -0.25) is 5.10 Å². The zero-order chi connectivity index (χ0) is 18.9. The first-order valence-corrected chi connectivity index (χ1v) is 9.19. The molecule has 140 valence electrons. The van der Waals surface area contributed by atoms with Gasteiger partial charge in [0.2, 0.25) is 5.95 Å². The van der Waals surface area contributed by atoms with Gasteiger partial charge in [0.1, 0.15) is 11.5 Å². The van der Waals surface area contributed by atoms with Crippen LogP contribution in [-0.4, -0.2) is 25.3 Å². The number of aromatic amines is 1. The number of nitrogens with zero attached hydrogens (tertiary/aromatic N) is 4. The second kappa shape index (κ2) is 6.80. The van der Waals surface area contributed by atoms with Gasteiger partial charge in [0.25, 0.3) is 0 Å². The topological polar surface area (TPSA) is 119 Å².